The molecule has 2 aromatic carbocycles. The van der Waals surface area contributed by atoms with Crippen molar-refractivity contribution in [3.8, 4) is 0 Å². The predicted molar refractivity (Wildman–Crippen MR) is 143 cm³/mol. The molecule has 2 aromatic rings. The lowest BCUT2D eigenvalue weighted by atomic mass is 9.79. The number of halogens is 6. The summed E-state index contributed by atoms with van der Waals surface area (Å²) in [5, 5.41) is 9.10. The average molecular weight is 614 g/mol. The van der Waals surface area contributed by atoms with E-state index in [4.69, 9.17) is 5.11 Å². The van der Waals surface area contributed by atoms with E-state index in [1.165, 1.54) is 11.9 Å². The van der Waals surface area contributed by atoms with Crippen molar-refractivity contribution in [1.82, 2.24) is 14.7 Å². The van der Waals surface area contributed by atoms with Crippen LogP contribution < -0.4 is 0 Å². The SMILES string of the molecule is CN(Cc1cc(C(F)(F)F)cc(C(F)(F)F)c1)C(=O)[C@H]1CCN(C(=O)C2CCN(C(=O)CO)CC2)C[C@H]1c1ccccc1. The molecule has 7 nitrogen and oxygen atoms in total. The number of alkyl halides is 6. The summed E-state index contributed by atoms with van der Waals surface area (Å²) in [5.74, 6) is -2.36. The van der Waals surface area contributed by atoms with Gasteiger partial charge in [-0.2, -0.15) is 26.3 Å². The Labute approximate surface area is 245 Å². The molecule has 2 aliphatic rings. The number of nitrogens with zero attached hydrogens (tertiary/aromatic N) is 3. The second-order valence-electron chi connectivity index (χ2n) is 11.1. The molecule has 3 amide bonds. The molecule has 43 heavy (non-hydrogen) atoms. The van der Waals surface area contributed by atoms with Crippen molar-refractivity contribution >= 4 is 17.7 Å². The lowest BCUT2D eigenvalue weighted by Crippen LogP contribution is -2.51. The Morgan fingerprint density at radius 3 is 1.95 bits per heavy atom. The zero-order valence-electron chi connectivity index (χ0n) is 23.5. The van der Waals surface area contributed by atoms with Crippen LogP contribution in [0.3, 0.4) is 0 Å². The van der Waals surface area contributed by atoms with Gasteiger partial charge >= 0.3 is 12.4 Å². The van der Waals surface area contributed by atoms with Crippen molar-refractivity contribution in [2.45, 2.75) is 44.1 Å². The highest BCUT2D eigenvalue weighted by Gasteiger charge is 2.41. The molecule has 2 aliphatic heterocycles. The molecule has 0 aliphatic carbocycles. The van der Waals surface area contributed by atoms with Crippen LogP contribution in [0.2, 0.25) is 0 Å². The second-order valence-corrected chi connectivity index (χ2v) is 11.1. The van der Waals surface area contributed by atoms with E-state index < -0.39 is 60.3 Å². The fourth-order valence-electron chi connectivity index (χ4n) is 5.97. The lowest BCUT2D eigenvalue weighted by molar-refractivity contribution is -0.145. The first-order chi connectivity index (χ1) is 20.2. The summed E-state index contributed by atoms with van der Waals surface area (Å²) in [4.78, 5) is 43.3. The molecule has 2 saturated heterocycles. The number of carbonyl (C=O) groups is 3. The van der Waals surface area contributed by atoms with Gasteiger partial charge in [0.05, 0.1) is 11.1 Å². The largest absolute Gasteiger partial charge is 0.416 e. The third-order valence-electron chi connectivity index (χ3n) is 8.24. The minimum absolute atomic E-state index is 0.0534. The van der Waals surface area contributed by atoms with Crippen molar-refractivity contribution in [3.63, 3.8) is 0 Å². The molecule has 4 rings (SSSR count). The zero-order chi connectivity index (χ0) is 31.5. The maximum Gasteiger partial charge on any atom is 0.416 e. The Morgan fingerprint density at radius 1 is 0.860 bits per heavy atom. The quantitative estimate of drug-likeness (QED) is 0.486. The Hall–Kier alpha value is -3.61. The van der Waals surface area contributed by atoms with Gasteiger partial charge < -0.3 is 19.8 Å². The number of benzene rings is 2. The minimum atomic E-state index is -5.00. The van der Waals surface area contributed by atoms with Crippen LogP contribution in [0.1, 0.15) is 47.4 Å². The predicted octanol–water partition coefficient (Wildman–Crippen LogP) is 4.55. The third-order valence-corrected chi connectivity index (χ3v) is 8.24. The molecular weight excluding hydrogens is 580 g/mol. The van der Waals surface area contributed by atoms with Gasteiger partial charge in [-0.15, -0.1) is 0 Å². The third kappa shape index (κ3) is 7.67. The van der Waals surface area contributed by atoms with Crippen molar-refractivity contribution in [3.05, 3.63) is 70.8 Å². The normalized spacial score (nSPS) is 20.2. The smallest absolute Gasteiger partial charge is 0.387 e. The van der Waals surface area contributed by atoms with Crippen molar-refractivity contribution in [1.29, 1.82) is 0 Å². The summed E-state index contributed by atoms with van der Waals surface area (Å²) in [5.41, 5.74) is -2.40. The van der Waals surface area contributed by atoms with E-state index >= 15 is 0 Å². The first-order valence-electron chi connectivity index (χ1n) is 13.9. The fraction of sp³-hybridized carbons (Fsp3) is 0.500. The van der Waals surface area contributed by atoms with Crippen LogP contribution in [-0.4, -0.2) is 77.4 Å². The summed E-state index contributed by atoms with van der Waals surface area (Å²) < 4.78 is 80.2. The number of aliphatic hydroxyl groups is 1. The van der Waals surface area contributed by atoms with Crippen molar-refractivity contribution < 1.29 is 45.8 Å². The number of hydrogen-bond donors (Lipinski definition) is 1. The standard InChI is InChI=1S/C30H33F6N3O4/c1-37(16-19-13-22(29(31,32)33)15-23(14-19)30(34,35)36)28(43)24-9-12-39(17-25(24)20-5-3-2-4-6-20)27(42)21-7-10-38(11-8-21)26(41)18-40/h2-6,13-15,21,24-25,40H,7-12,16-18H2,1H3/t24-,25-/m0/s1. The fourth-order valence-corrected chi connectivity index (χ4v) is 5.97. The van der Waals surface area contributed by atoms with E-state index in [-0.39, 0.29) is 43.0 Å². The van der Waals surface area contributed by atoms with Crippen LogP contribution in [0.4, 0.5) is 26.3 Å². The zero-order valence-corrected chi connectivity index (χ0v) is 23.5. The molecule has 2 atom stereocenters. The van der Waals surface area contributed by atoms with Crippen LogP contribution in [0.5, 0.6) is 0 Å². The maximum absolute atomic E-state index is 13.7. The minimum Gasteiger partial charge on any atom is -0.387 e. The highest BCUT2D eigenvalue weighted by Crippen LogP contribution is 2.38. The number of hydrogen-bond acceptors (Lipinski definition) is 4. The van der Waals surface area contributed by atoms with Gasteiger partial charge in [-0.05, 0) is 48.6 Å². The number of amides is 3. The average Bonchev–Trinajstić information content (AvgIpc) is 2.99. The Bertz CT molecular complexity index is 1280. The van der Waals surface area contributed by atoms with Gasteiger partial charge in [-0.25, -0.2) is 0 Å². The molecule has 0 saturated carbocycles. The van der Waals surface area contributed by atoms with Gasteiger partial charge in [0.25, 0.3) is 0 Å². The second kappa shape index (κ2) is 12.9. The van der Waals surface area contributed by atoms with Gasteiger partial charge in [0.2, 0.25) is 17.7 Å². The number of carbonyl (C=O) groups excluding carboxylic acids is 3. The molecule has 0 spiro atoms. The van der Waals surface area contributed by atoms with Gasteiger partial charge in [-0.3, -0.25) is 14.4 Å². The Morgan fingerprint density at radius 2 is 1.42 bits per heavy atom. The van der Waals surface area contributed by atoms with E-state index in [0.717, 1.165) is 10.5 Å². The number of piperidine rings is 2. The van der Waals surface area contributed by atoms with Gasteiger partial charge in [0.1, 0.15) is 6.61 Å². The highest BCUT2D eigenvalue weighted by molar-refractivity contribution is 5.83. The maximum atomic E-state index is 13.7. The van der Waals surface area contributed by atoms with Crippen molar-refractivity contribution in [2.75, 3.05) is 39.8 Å². The molecule has 1 N–H and O–H groups in total. The van der Waals surface area contributed by atoms with E-state index in [1.54, 1.807) is 23.1 Å². The number of aliphatic hydroxyl groups excluding tert-OH is 1. The Kier molecular flexibility index (Phi) is 9.73. The van der Waals surface area contributed by atoms with Gasteiger partial charge in [0.15, 0.2) is 0 Å². The van der Waals surface area contributed by atoms with E-state index in [9.17, 15) is 40.7 Å². The topological polar surface area (TPSA) is 81.2 Å². The van der Waals surface area contributed by atoms with Crippen LogP contribution in [0, 0.1) is 11.8 Å². The highest BCUT2D eigenvalue weighted by atomic mass is 19.4. The molecule has 0 radical (unpaired) electrons. The summed E-state index contributed by atoms with van der Waals surface area (Å²) in [6, 6.07) is 10.3. The summed E-state index contributed by atoms with van der Waals surface area (Å²) >= 11 is 0. The summed E-state index contributed by atoms with van der Waals surface area (Å²) in [6.07, 6.45) is -8.85. The number of rotatable bonds is 6. The van der Waals surface area contributed by atoms with Crippen LogP contribution in [-0.2, 0) is 33.3 Å². The lowest BCUT2D eigenvalue weighted by Gasteiger charge is -2.41. The monoisotopic (exact) mass is 613 g/mol. The van der Waals surface area contributed by atoms with E-state index in [0.29, 0.717) is 38.1 Å². The molecule has 13 heteroatoms. The molecule has 234 valence electrons. The summed E-state index contributed by atoms with van der Waals surface area (Å²) in [7, 11) is 1.34. The number of likely N-dealkylation sites (tertiary alicyclic amines) is 2. The van der Waals surface area contributed by atoms with Gasteiger partial charge in [-0.1, -0.05) is 30.3 Å². The molecule has 2 fully saturated rings. The molecule has 2 heterocycles. The first kappa shape index (κ1) is 32.3. The van der Waals surface area contributed by atoms with Gasteiger partial charge in [0, 0.05) is 57.5 Å². The molecular formula is C30H33F6N3O4. The van der Waals surface area contributed by atoms with E-state index in [1.807, 2.05) is 12.1 Å². The molecule has 0 unspecified atom stereocenters. The van der Waals surface area contributed by atoms with Crippen LogP contribution >= 0.6 is 0 Å². The summed E-state index contributed by atoms with van der Waals surface area (Å²) in [6.45, 7) is 0.114. The van der Waals surface area contributed by atoms with Crippen LogP contribution in [0.25, 0.3) is 0 Å². The molecule has 0 aromatic heterocycles. The van der Waals surface area contributed by atoms with Crippen LogP contribution in [0.15, 0.2) is 48.5 Å². The molecule has 0 bridgehead atoms. The first-order valence-corrected chi connectivity index (χ1v) is 13.9. The van der Waals surface area contributed by atoms with Crippen molar-refractivity contribution in [2.24, 2.45) is 11.8 Å². The van der Waals surface area contributed by atoms with E-state index in [2.05, 4.69) is 0 Å². The Balaban J connectivity index is 1.51.